The Morgan fingerprint density at radius 3 is 2.59 bits per heavy atom. The van der Waals surface area contributed by atoms with Crippen LogP contribution in [0, 0.1) is 0 Å². The molecule has 22 heavy (non-hydrogen) atoms. The van der Waals surface area contributed by atoms with Crippen LogP contribution in [-0.2, 0) is 18.5 Å². The highest BCUT2D eigenvalue weighted by atomic mass is 32.3. The minimum atomic E-state index is -1.91. The summed E-state index contributed by atoms with van der Waals surface area (Å²) in [6.07, 6.45) is 0.797. The number of hydrogen-bond donors (Lipinski definition) is 5. The molecule has 0 radical (unpaired) electrons. The van der Waals surface area contributed by atoms with Gasteiger partial charge in [0.05, 0.1) is 6.61 Å². The van der Waals surface area contributed by atoms with Crippen molar-refractivity contribution in [3.8, 4) is 0 Å². The molecule has 0 amide bonds. The standard InChI is InChI=1S/C12H21NO8S/c1-22(2,4-3-6(13)11(17)18)21-10-8(16)12(19)20-9(10)7(15)5-14/h6-7,9,14-16H,3-5,13H2,1-2H3,(H,17,18)/t6-,7-,9+/m0/s1. The van der Waals surface area contributed by atoms with Crippen LogP contribution in [-0.4, -0.2) is 75.5 Å². The molecule has 3 atom stereocenters. The highest BCUT2D eigenvalue weighted by Crippen LogP contribution is 2.47. The van der Waals surface area contributed by atoms with E-state index in [0.29, 0.717) is 5.75 Å². The van der Waals surface area contributed by atoms with Gasteiger partial charge < -0.3 is 35.1 Å². The number of nitrogens with two attached hydrogens (primary N) is 1. The number of aliphatic hydroxyl groups excluding tert-OH is 3. The number of cyclic esters (lactones) is 1. The Labute approximate surface area is 128 Å². The summed E-state index contributed by atoms with van der Waals surface area (Å²) in [6, 6.07) is -1.04. The maximum atomic E-state index is 11.4. The number of hydrogen-bond acceptors (Lipinski definition) is 8. The molecule has 1 aliphatic heterocycles. The number of carboxylic acid groups (broad SMARTS) is 1. The fraction of sp³-hybridized carbons (Fsp3) is 0.667. The molecule has 1 rings (SSSR count). The summed E-state index contributed by atoms with van der Waals surface area (Å²) in [7, 11) is -1.91. The van der Waals surface area contributed by atoms with Crippen LogP contribution in [0.25, 0.3) is 0 Å². The molecule has 10 heteroatoms. The fourth-order valence-corrected chi connectivity index (χ4v) is 3.28. The Morgan fingerprint density at radius 1 is 1.50 bits per heavy atom. The van der Waals surface area contributed by atoms with Crippen LogP contribution in [0.5, 0.6) is 0 Å². The molecule has 0 saturated carbocycles. The normalized spacial score (nSPS) is 22.2. The van der Waals surface area contributed by atoms with Crippen molar-refractivity contribution in [3.05, 3.63) is 11.5 Å². The van der Waals surface area contributed by atoms with E-state index in [-0.39, 0.29) is 12.2 Å². The SMILES string of the molecule is CS(C)(CC[C@H](N)C(=O)O)OC1=C(O)C(=O)O[C@@H]1[C@@H](O)CO. The molecule has 128 valence electrons. The van der Waals surface area contributed by atoms with Gasteiger partial charge in [0.1, 0.15) is 12.1 Å². The molecular weight excluding hydrogens is 318 g/mol. The first-order valence-electron chi connectivity index (χ1n) is 6.41. The number of rotatable bonds is 8. The van der Waals surface area contributed by atoms with Crippen LogP contribution in [0.2, 0.25) is 0 Å². The van der Waals surface area contributed by atoms with E-state index in [4.69, 9.17) is 24.9 Å². The zero-order valence-corrected chi connectivity index (χ0v) is 13.1. The quantitative estimate of drug-likeness (QED) is 0.343. The molecular formula is C12H21NO8S. The van der Waals surface area contributed by atoms with E-state index in [0.717, 1.165) is 0 Å². The van der Waals surface area contributed by atoms with E-state index in [2.05, 4.69) is 0 Å². The molecule has 0 aliphatic carbocycles. The van der Waals surface area contributed by atoms with Gasteiger partial charge in [0.2, 0.25) is 11.5 Å². The Morgan fingerprint density at radius 2 is 2.09 bits per heavy atom. The monoisotopic (exact) mass is 339 g/mol. The van der Waals surface area contributed by atoms with Crippen molar-refractivity contribution in [2.24, 2.45) is 5.73 Å². The van der Waals surface area contributed by atoms with Gasteiger partial charge in [-0.15, -0.1) is 0 Å². The maximum absolute atomic E-state index is 11.4. The Bertz CT molecular complexity index is 478. The lowest BCUT2D eigenvalue weighted by Gasteiger charge is -2.34. The van der Waals surface area contributed by atoms with E-state index in [1.807, 2.05) is 0 Å². The van der Waals surface area contributed by atoms with Gasteiger partial charge >= 0.3 is 11.9 Å². The van der Waals surface area contributed by atoms with Gasteiger partial charge in [-0.25, -0.2) is 4.79 Å². The predicted molar refractivity (Wildman–Crippen MR) is 78.2 cm³/mol. The minimum Gasteiger partial charge on any atom is -0.499 e. The second-order valence-corrected chi connectivity index (χ2v) is 8.69. The Hall–Kier alpha value is -1.49. The van der Waals surface area contributed by atoms with Crippen LogP contribution in [0.15, 0.2) is 11.5 Å². The zero-order valence-electron chi connectivity index (χ0n) is 12.3. The second-order valence-electron chi connectivity index (χ2n) is 5.25. The van der Waals surface area contributed by atoms with Crippen LogP contribution in [0.1, 0.15) is 6.42 Å². The van der Waals surface area contributed by atoms with Gasteiger partial charge in [0, 0.05) is 5.75 Å². The van der Waals surface area contributed by atoms with Crippen molar-refractivity contribution in [2.75, 3.05) is 24.9 Å². The van der Waals surface area contributed by atoms with E-state index in [9.17, 15) is 19.8 Å². The summed E-state index contributed by atoms with van der Waals surface area (Å²) in [5.74, 6) is -2.90. The Kier molecular flexibility index (Phi) is 6.06. The van der Waals surface area contributed by atoms with Gasteiger partial charge in [0.15, 0.2) is 6.10 Å². The molecule has 0 bridgehead atoms. The Balaban J connectivity index is 2.80. The molecule has 0 aromatic heterocycles. The molecule has 6 N–H and O–H groups in total. The van der Waals surface area contributed by atoms with Gasteiger partial charge in [0.25, 0.3) is 0 Å². The number of esters is 1. The third-order valence-electron chi connectivity index (χ3n) is 3.01. The van der Waals surface area contributed by atoms with Crippen LogP contribution >= 0.6 is 10.3 Å². The first-order chi connectivity index (χ1) is 10.1. The van der Waals surface area contributed by atoms with Crippen LogP contribution in [0.3, 0.4) is 0 Å². The smallest absolute Gasteiger partial charge is 0.378 e. The van der Waals surface area contributed by atoms with Gasteiger partial charge in [-0.2, -0.15) is 0 Å². The summed E-state index contributed by atoms with van der Waals surface area (Å²) in [5, 5.41) is 37.0. The topological polar surface area (TPSA) is 160 Å². The number of carbonyl (C=O) groups is 2. The molecule has 0 aromatic carbocycles. The maximum Gasteiger partial charge on any atom is 0.378 e. The third-order valence-corrected chi connectivity index (χ3v) is 4.86. The average Bonchev–Trinajstić information content (AvgIpc) is 2.71. The van der Waals surface area contributed by atoms with Crippen molar-refractivity contribution in [2.45, 2.75) is 24.7 Å². The lowest BCUT2D eigenvalue weighted by Crippen LogP contribution is -2.34. The highest BCUT2D eigenvalue weighted by molar-refractivity contribution is 8.28. The van der Waals surface area contributed by atoms with Crippen molar-refractivity contribution in [3.63, 3.8) is 0 Å². The predicted octanol–water partition coefficient (Wildman–Crippen LogP) is -1.17. The summed E-state index contributed by atoms with van der Waals surface area (Å²) >= 11 is 0. The summed E-state index contributed by atoms with van der Waals surface area (Å²) in [4.78, 5) is 22.1. The molecule has 1 aliphatic rings. The lowest BCUT2D eigenvalue weighted by molar-refractivity contribution is -0.147. The summed E-state index contributed by atoms with van der Waals surface area (Å²) < 4.78 is 10.3. The largest absolute Gasteiger partial charge is 0.499 e. The van der Waals surface area contributed by atoms with Gasteiger partial charge in [-0.3, -0.25) is 4.79 Å². The lowest BCUT2D eigenvalue weighted by atomic mass is 10.2. The van der Waals surface area contributed by atoms with Crippen LogP contribution in [0.4, 0.5) is 0 Å². The number of carboxylic acids is 1. The summed E-state index contributed by atoms with van der Waals surface area (Å²) in [5.41, 5.74) is 5.42. The van der Waals surface area contributed by atoms with Crippen molar-refractivity contribution >= 4 is 22.2 Å². The molecule has 0 spiro atoms. The average molecular weight is 339 g/mol. The molecule has 0 unspecified atom stereocenters. The number of aliphatic carboxylic acids is 1. The number of carbonyl (C=O) groups excluding carboxylic acids is 1. The zero-order chi connectivity index (χ0) is 17.1. The van der Waals surface area contributed by atoms with E-state index < -0.39 is 52.9 Å². The second kappa shape index (κ2) is 7.18. The highest BCUT2D eigenvalue weighted by Gasteiger charge is 2.42. The van der Waals surface area contributed by atoms with Crippen molar-refractivity contribution in [1.82, 2.24) is 0 Å². The first kappa shape index (κ1) is 18.6. The van der Waals surface area contributed by atoms with E-state index in [1.165, 1.54) is 0 Å². The van der Waals surface area contributed by atoms with Gasteiger partial charge in [-0.1, -0.05) is 10.3 Å². The molecule has 0 saturated heterocycles. The van der Waals surface area contributed by atoms with Crippen LogP contribution < -0.4 is 5.73 Å². The van der Waals surface area contributed by atoms with Crippen molar-refractivity contribution < 1.29 is 38.9 Å². The summed E-state index contributed by atoms with van der Waals surface area (Å²) in [6.45, 7) is -0.683. The van der Waals surface area contributed by atoms with Crippen molar-refractivity contribution in [1.29, 1.82) is 0 Å². The third kappa shape index (κ3) is 4.50. The fourth-order valence-electron chi connectivity index (χ4n) is 1.71. The van der Waals surface area contributed by atoms with E-state index >= 15 is 0 Å². The minimum absolute atomic E-state index is 0.147. The number of aliphatic hydroxyl groups is 3. The van der Waals surface area contributed by atoms with Gasteiger partial charge in [-0.05, 0) is 18.9 Å². The number of ether oxygens (including phenoxy) is 1. The molecule has 0 fully saturated rings. The van der Waals surface area contributed by atoms with E-state index in [1.54, 1.807) is 12.5 Å². The molecule has 9 nitrogen and oxygen atoms in total. The first-order valence-corrected chi connectivity index (χ1v) is 8.95. The molecule has 0 aromatic rings. The molecule has 1 heterocycles.